The molecule has 0 fully saturated rings. The normalized spacial score (nSPS) is 10.3. The molecule has 0 saturated heterocycles. The molecule has 0 radical (unpaired) electrons. The van der Waals surface area contributed by atoms with Crippen molar-refractivity contribution in [1.29, 1.82) is 0 Å². The van der Waals surface area contributed by atoms with Crippen LogP contribution in [0.2, 0.25) is 5.02 Å². The molecule has 0 spiro atoms. The Hall–Kier alpha value is -1.32. The molecule has 0 atom stereocenters. The Balaban J connectivity index is 2.04. The van der Waals surface area contributed by atoms with Crippen molar-refractivity contribution in [2.45, 2.75) is 11.5 Å². The minimum Gasteiger partial charge on any atom is -0.489 e. The Kier molecular flexibility index (Phi) is 4.39. The number of hydrogen-bond donors (Lipinski definition) is 1. The summed E-state index contributed by atoms with van der Waals surface area (Å²) >= 11 is 7.77. The third-order valence-electron chi connectivity index (χ3n) is 2.52. The van der Waals surface area contributed by atoms with E-state index in [1.807, 2.05) is 36.6 Å². The van der Waals surface area contributed by atoms with E-state index in [1.165, 1.54) is 4.90 Å². The fourth-order valence-corrected chi connectivity index (χ4v) is 2.12. The summed E-state index contributed by atoms with van der Waals surface area (Å²) in [6.07, 6.45) is 2.04. The Morgan fingerprint density at radius 3 is 2.56 bits per heavy atom. The molecule has 0 aliphatic heterocycles. The van der Waals surface area contributed by atoms with Crippen molar-refractivity contribution < 1.29 is 4.74 Å². The highest BCUT2D eigenvalue weighted by Crippen LogP contribution is 2.23. The molecule has 0 saturated carbocycles. The van der Waals surface area contributed by atoms with Gasteiger partial charge in [-0.1, -0.05) is 11.6 Å². The van der Waals surface area contributed by atoms with Crippen molar-refractivity contribution in [1.82, 2.24) is 0 Å². The summed E-state index contributed by atoms with van der Waals surface area (Å²) < 4.78 is 5.68. The van der Waals surface area contributed by atoms with E-state index in [0.717, 1.165) is 11.3 Å². The Morgan fingerprint density at radius 2 is 1.89 bits per heavy atom. The van der Waals surface area contributed by atoms with Crippen LogP contribution in [0.5, 0.6) is 5.75 Å². The van der Waals surface area contributed by atoms with E-state index < -0.39 is 0 Å². The summed E-state index contributed by atoms with van der Waals surface area (Å²) in [6.45, 7) is 0.419. The van der Waals surface area contributed by atoms with Crippen molar-refractivity contribution in [2.24, 2.45) is 0 Å². The topological polar surface area (TPSA) is 35.2 Å². The summed E-state index contributed by atoms with van der Waals surface area (Å²) in [5, 5.41) is 0.671. The van der Waals surface area contributed by atoms with Crippen LogP contribution >= 0.6 is 23.4 Å². The van der Waals surface area contributed by atoms with Crippen LogP contribution in [-0.4, -0.2) is 6.26 Å². The van der Waals surface area contributed by atoms with Crippen LogP contribution in [0.3, 0.4) is 0 Å². The first-order valence-corrected chi connectivity index (χ1v) is 7.10. The molecular weight excluding hydrogens is 266 g/mol. The van der Waals surface area contributed by atoms with Gasteiger partial charge in [-0.2, -0.15) is 0 Å². The van der Waals surface area contributed by atoms with Gasteiger partial charge < -0.3 is 10.5 Å². The lowest BCUT2D eigenvalue weighted by Gasteiger charge is -2.09. The van der Waals surface area contributed by atoms with Gasteiger partial charge in [0, 0.05) is 21.2 Å². The van der Waals surface area contributed by atoms with Crippen LogP contribution in [-0.2, 0) is 6.61 Å². The molecule has 2 rings (SSSR count). The molecule has 0 unspecified atom stereocenters. The Bertz CT molecular complexity index is 528. The van der Waals surface area contributed by atoms with Gasteiger partial charge in [0.1, 0.15) is 12.4 Å². The van der Waals surface area contributed by atoms with Crippen molar-refractivity contribution in [3.8, 4) is 5.75 Å². The highest BCUT2D eigenvalue weighted by molar-refractivity contribution is 7.98. The molecule has 0 heterocycles. The maximum atomic E-state index is 6.07. The van der Waals surface area contributed by atoms with Crippen molar-refractivity contribution in [3.63, 3.8) is 0 Å². The maximum Gasteiger partial charge on any atom is 0.119 e. The number of rotatable bonds is 4. The summed E-state index contributed by atoms with van der Waals surface area (Å²) in [4.78, 5) is 1.21. The van der Waals surface area contributed by atoms with Gasteiger partial charge in [-0.05, 0) is 48.7 Å². The van der Waals surface area contributed by atoms with E-state index in [2.05, 4.69) is 0 Å². The van der Waals surface area contributed by atoms with Crippen LogP contribution in [0.4, 0.5) is 5.69 Å². The summed E-state index contributed by atoms with van der Waals surface area (Å²) in [5.74, 6) is 0.825. The van der Waals surface area contributed by atoms with Crippen LogP contribution in [0.15, 0.2) is 47.4 Å². The summed E-state index contributed by atoms with van der Waals surface area (Å²) in [5.41, 5.74) is 7.30. The lowest BCUT2D eigenvalue weighted by atomic mass is 10.2. The molecule has 2 aromatic carbocycles. The number of nitrogens with two attached hydrogens (primary N) is 1. The van der Waals surface area contributed by atoms with Crippen LogP contribution in [0, 0.1) is 0 Å². The van der Waals surface area contributed by atoms with E-state index in [1.54, 1.807) is 23.9 Å². The molecule has 2 N–H and O–H groups in total. The predicted molar refractivity (Wildman–Crippen MR) is 78.4 cm³/mol. The molecule has 2 aromatic rings. The number of hydrogen-bond acceptors (Lipinski definition) is 3. The first-order chi connectivity index (χ1) is 8.69. The van der Waals surface area contributed by atoms with E-state index in [0.29, 0.717) is 17.3 Å². The van der Waals surface area contributed by atoms with E-state index >= 15 is 0 Å². The first-order valence-electron chi connectivity index (χ1n) is 5.50. The minimum absolute atomic E-state index is 0.419. The van der Waals surface area contributed by atoms with Gasteiger partial charge in [-0.3, -0.25) is 0 Å². The highest BCUT2D eigenvalue weighted by atomic mass is 35.5. The summed E-state index contributed by atoms with van der Waals surface area (Å²) in [6, 6.07) is 13.4. The monoisotopic (exact) mass is 279 g/mol. The fourth-order valence-electron chi connectivity index (χ4n) is 1.54. The van der Waals surface area contributed by atoms with Crippen molar-refractivity contribution >= 4 is 29.1 Å². The lowest BCUT2D eigenvalue weighted by Crippen LogP contribution is -1.97. The standard InChI is InChI=1S/C14H14ClNOS/c1-18-13-5-3-12(4-6-13)17-9-10-8-11(16)2-7-14(10)15/h2-8H,9,16H2,1H3. The zero-order valence-corrected chi connectivity index (χ0v) is 11.6. The molecule has 4 heteroatoms. The van der Waals surface area contributed by atoms with Gasteiger partial charge >= 0.3 is 0 Å². The summed E-state index contributed by atoms with van der Waals surface area (Å²) in [7, 11) is 0. The molecular formula is C14H14ClNOS. The minimum atomic E-state index is 0.419. The molecule has 0 aliphatic carbocycles. The number of benzene rings is 2. The van der Waals surface area contributed by atoms with Crippen molar-refractivity contribution in [3.05, 3.63) is 53.1 Å². The number of anilines is 1. The van der Waals surface area contributed by atoms with Gasteiger partial charge in [-0.25, -0.2) is 0 Å². The van der Waals surface area contributed by atoms with Gasteiger partial charge in [0.2, 0.25) is 0 Å². The second kappa shape index (κ2) is 6.03. The third-order valence-corrected chi connectivity index (χ3v) is 3.64. The zero-order valence-electron chi connectivity index (χ0n) is 10.0. The van der Waals surface area contributed by atoms with Crippen LogP contribution < -0.4 is 10.5 Å². The largest absolute Gasteiger partial charge is 0.489 e. The van der Waals surface area contributed by atoms with E-state index in [9.17, 15) is 0 Å². The Labute approximate surface area is 116 Å². The van der Waals surface area contributed by atoms with Gasteiger partial charge in [0.15, 0.2) is 0 Å². The second-order valence-electron chi connectivity index (χ2n) is 3.82. The average molecular weight is 280 g/mol. The van der Waals surface area contributed by atoms with Crippen LogP contribution in [0.25, 0.3) is 0 Å². The molecule has 0 bridgehead atoms. The maximum absolute atomic E-state index is 6.07. The van der Waals surface area contributed by atoms with Gasteiger partial charge in [0.25, 0.3) is 0 Å². The van der Waals surface area contributed by atoms with Crippen molar-refractivity contribution in [2.75, 3.05) is 12.0 Å². The van der Waals surface area contributed by atoms with E-state index in [-0.39, 0.29) is 0 Å². The van der Waals surface area contributed by atoms with Gasteiger partial charge in [0.05, 0.1) is 0 Å². The third kappa shape index (κ3) is 3.34. The average Bonchev–Trinajstić information content (AvgIpc) is 2.40. The Morgan fingerprint density at radius 1 is 1.17 bits per heavy atom. The predicted octanol–water partition coefficient (Wildman–Crippen LogP) is 4.22. The molecule has 94 valence electrons. The highest BCUT2D eigenvalue weighted by Gasteiger charge is 2.02. The second-order valence-corrected chi connectivity index (χ2v) is 5.10. The molecule has 0 aliphatic rings. The molecule has 18 heavy (non-hydrogen) atoms. The fraction of sp³-hybridized carbons (Fsp3) is 0.143. The first kappa shape index (κ1) is 13.1. The lowest BCUT2D eigenvalue weighted by molar-refractivity contribution is 0.306. The molecule has 0 aromatic heterocycles. The van der Waals surface area contributed by atoms with E-state index in [4.69, 9.17) is 22.1 Å². The number of ether oxygens (including phenoxy) is 1. The number of halogens is 1. The number of nitrogen functional groups attached to an aromatic ring is 1. The van der Waals surface area contributed by atoms with Gasteiger partial charge in [-0.15, -0.1) is 11.8 Å². The smallest absolute Gasteiger partial charge is 0.119 e. The zero-order chi connectivity index (χ0) is 13.0. The quantitative estimate of drug-likeness (QED) is 0.672. The van der Waals surface area contributed by atoms with Crippen LogP contribution in [0.1, 0.15) is 5.56 Å². The number of thioether (sulfide) groups is 1. The SMILES string of the molecule is CSc1ccc(OCc2cc(N)ccc2Cl)cc1. The molecule has 0 amide bonds. The molecule has 2 nitrogen and oxygen atoms in total.